The number of nitrogens with zero attached hydrogens (tertiary/aromatic N) is 1. The largest absolute Gasteiger partial charge is 0.398 e. The topological polar surface area (TPSA) is 50.9 Å². The van der Waals surface area contributed by atoms with Crippen molar-refractivity contribution in [2.75, 3.05) is 11.1 Å². The van der Waals surface area contributed by atoms with Crippen molar-refractivity contribution in [3.05, 3.63) is 60.4 Å². The lowest BCUT2D eigenvalue weighted by atomic mass is 10.1. The highest BCUT2D eigenvalue weighted by atomic mass is 14.9. The number of pyridine rings is 1. The number of nitrogen functional groups attached to an aromatic ring is 1. The number of para-hydroxylation sites is 1. The third kappa shape index (κ3) is 2.18. The molecule has 2 aromatic carbocycles. The second-order valence-electron chi connectivity index (χ2n) is 4.76. The molecule has 3 heteroatoms. The molecule has 0 atom stereocenters. The molecule has 0 saturated carbocycles. The lowest BCUT2D eigenvalue weighted by molar-refractivity contribution is 1.14. The minimum absolute atomic E-state index is 0.775. The summed E-state index contributed by atoms with van der Waals surface area (Å²) in [5.74, 6) is 0. The number of aromatic nitrogens is 1. The molecule has 0 radical (unpaired) electrons. The number of rotatable bonds is 3. The first-order valence-electron chi connectivity index (χ1n) is 6.76. The third-order valence-corrected chi connectivity index (χ3v) is 3.52. The Hall–Kier alpha value is -2.55. The van der Waals surface area contributed by atoms with Crippen LogP contribution in [-0.2, 0) is 6.42 Å². The van der Waals surface area contributed by atoms with Crippen molar-refractivity contribution in [3.63, 3.8) is 0 Å². The number of fused-ring (bicyclic) bond motifs is 1. The maximum absolute atomic E-state index is 6.02. The van der Waals surface area contributed by atoms with E-state index in [1.165, 1.54) is 5.56 Å². The minimum Gasteiger partial charge on any atom is -0.398 e. The molecule has 0 saturated heterocycles. The van der Waals surface area contributed by atoms with E-state index < -0.39 is 0 Å². The van der Waals surface area contributed by atoms with Gasteiger partial charge in [0, 0.05) is 40.2 Å². The monoisotopic (exact) mass is 263 g/mol. The van der Waals surface area contributed by atoms with Crippen LogP contribution in [0.15, 0.2) is 54.9 Å². The first-order valence-corrected chi connectivity index (χ1v) is 6.76. The predicted molar refractivity (Wildman–Crippen MR) is 85.3 cm³/mol. The number of nitrogens with two attached hydrogens (primary N) is 1. The zero-order valence-electron chi connectivity index (χ0n) is 11.4. The van der Waals surface area contributed by atoms with Gasteiger partial charge in [-0.2, -0.15) is 0 Å². The van der Waals surface area contributed by atoms with Crippen LogP contribution in [-0.4, -0.2) is 4.98 Å². The van der Waals surface area contributed by atoms with Crippen LogP contribution in [0.1, 0.15) is 12.5 Å². The van der Waals surface area contributed by atoms with Crippen LogP contribution in [0.4, 0.5) is 17.1 Å². The molecule has 0 aliphatic carbocycles. The molecular formula is C17H17N3. The Bertz CT molecular complexity index is 750. The average molecular weight is 263 g/mol. The van der Waals surface area contributed by atoms with Crippen molar-refractivity contribution in [2.24, 2.45) is 0 Å². The van der Waals surface area contributed by atoms with Crippen LogP contribution < -0.4 is 11.1 Å². The van der Waals surface area contributed by atoms with Crippen LogP contribution in [0.2, 0.25) is 0 Å². The Balaban J connectivity index is 2.09. The zero-order valence-corrected chi connectivity index (χ0v) is 11.4. The van der Waals surface area contributed by atoms with Gasteiger partial charge in [-0.25, -0.2) is 0 Å². The average Bonchev–Trinajstić information content (AvgIpc) is 2.51. The second kappa shape index (κ2) is 5.21. The number of nitrogens with one attached hydrogen (secondary N) is 1. The highest BCUT2D eigenvalue weighted by Gasteiger charge is 2.06. The molecule has 0 amide bonds. The highest BCUT2D eigenvalue weighted by Crippen LogP contribution is 2.30. The van der Waals surface area contributed by atoms with Crippen molar-refractivity contribution in [2.45, 2.75) is 13.3 Å². The van der Waals surface area contributed by atoms with E-state index in [4.69, 9.17) is 5.73 Å². The van der Waals surface area contributed by atoms with E-state index in [9.17, 15) is 0 Å². The molecule has 3 aromatic rings. The molecule has 0 bridgehead atoms. The van der Waals surface area contributed by atoms with Gasteiger partial charge in [-0.3, -0.25) is 4.98 Å². The Morgan fingerprint density at radius 1 is 1.00 bits per heavy atom. The molecule has 0 unspecified atom stereocenters. The molecule has 0 aliphatic heterocycles. The summed E-state index contributed by atoms with van der Waals surface area (Å²) >= 11 is 0. The quantitative estimate of drug-likeness (QED) is 0.699. The van der Waals surface area contributed by atoms with E-state index in [2.05, 4.69) is 35.4 Å². The van der Waals surface area contributed by atoms with Gasteiger partial charge in [-0.15, -0.1) is 0 Å². The van der Waals surface area contributed by atoms with Crippen LogP contribution in [0.25, 0.3) is 10.8 Å². The first kappa shape index (κ1) is 12.5. The van der Waals surface area contributed by atoms with Gasteiger partial charge in [0.2, 0.25) is 0 Å². The van der Waals surface area contributed by atoms with Crippen molar-refractivity contribution in [3.8, 4) is 0 Å². The Morgan fingerprint density at radius 3 is 2.70 bits per heavy atom. The summed E-state index contributed by atoms with van der Waals surface area (Å²) in [7, 11) is 0. The standard InChI is InChI=1S/C17H17N3/c1-2-12-5-3-4-6-16(12)20-17-8-7-15(18)13-9-10-19-11-14(13)17/h3-11,20H,2,18H2,1H3. The molecule has 1 aromatic heterocycles. The molecule has 0 fully saturated rings. The maximum Gasteiger partial charge on any atom is 0.0481 e. The first-order chi connectivity index (χ1) is 9.79. The van der Waals surface area contributed by atoms with E-state index in [1.54, 1.807) is 6.20 Å². The normalized spacial score (nSPS) is 10.7. The number of aryl methyl sites for hydroxylation is 1. The van der Waals surface area contributed by atoms with Gasteiger partial charge in [0.25, 0.3) is 0 Å². The van der Waals surface area contributed by atoms with E-state index in [1.807, 2.05) is 30.5 Å². The molecular weight excluding hydrogens is 246 g/mol. The van der Waals surface area contributed by atoms with Gasteiger partial charge >= 0.3 is 0 Å². The molecule has 1 heterocycles. The molecule has 3 N–H and O–H groups in total. The van der Waals surface area contributed by atoms with Gasteiger partial charge in [0.1, 0.15) is 0 Å². The number of benzene rings is 2. The summed E-state index contributed by atoms with van der Waals surface area (Å²) in [6, 6.07) is 14.2. The second-order valence-corrected chi connectivity index (χ2v) is 4.76. The van der Waals surface area contributed by atoms with Gasteiger partial charge in [0.05, 0.1) is 0 Å². The van der Waals surface area contributed by atoms with Crippen LogP contribution in [0, 0.1) is 0 Å². The summed E-state index contributed by atoms with van der Waals surface area (Å²) in [4.78, 5) is 4.20. The number of anilines is 3. The predicted octanol–water partition coefficient (Wildman–Crippen LogP) is 4.12. The van der Waals surface area contributed by atoms with Gasteiger partial charge < -0.3 is 11.1 Å². The van der Waals surface area contributed by atoms with Crippen LogP contribution >= 0.6 is 0 Å². The Kier molecular flexibility index (Phi) is 3.25. The zero-order chi connectivity index (χ0) is 13.9. The third-order valence-electron chi connectivity index (χ3n) is 3.52. The van der Waals surface area contributed by atoms with E-state index in [0.29, 0.717) is 0 Å². The lowest BCUT2D eigenvalue weighted by Gasteiger charge is -2.13. The lowest BCUT2D eigenvalue weighted by Crippen LogP contribution is -1.97. The van der Waals surface area contributed by atoms with E-state index in [-0.39, 0.29) is 0 Å². The van der Waals surface area contributed by atoms with E-state index >= 15 is 0 Å². The SMILES string of the molecule is CCc1ccccc1Nc1ccc(N)c2ccncc12. The van der Waals surface area contributed by atoms with Crippen molar-refractivity contribution in [1.82, 2.24) is 4.98 Å². The van der Waals surface area contributed by atoms with E-state index in [0.717, 1.165) is 34.3 Å². The van der Waals surface area contributed by atoms with Crippen molar-refractivity contribution in [1.29, 1.82) is 0 Å². The fraction of sp³-hybridized carbons (Fsp3) is 0.118. The maximum atomic E-state index is 6.02. The fourth-order valence-corrected chi connectivity index (χ4v) is 2.42. The van der Waals surface area contributed by atoms with Crippen molar-refractivity contribution < 1.29 is 0 Å². The molecule has 0 aliphatic rings. The van der Waals surface area contributed by atoms with Gasteiger partial charge in [-0.1, -0.05) is 25.1 Å². The molecule has 3 rings (SSSR count). The molecule has 20 heavy (non-hydrogen) atoms. The summed E-state index contributed by atoms with van der Waals surface area (Å²) in [6.07, 6.45) is 4.61. The van der Waals surface area contributed by atoms with Crippen molar-refractivity contribution >= 4 is 27.8 Å². The highest BCUT2D eigenvalue weighted by molar-refractivity contribution is 6.01. The van der Waals surface area contributed by atoms with Gasteiger partial charge in [-0.05, 0) is 36.2 Å². The summed E-state index contributed by atoms with van der Waals surface area (Å²) in [5, 5.41) is 5.57. The Morgan fingerprint density at radius 2 is 1.85 bits per heavy atom. The number of hydrogen-bond acceptors (Lipinski definition) is 3. The summed E-state index contributed by atoms with van der Waals surface area (Å²) < 4.78 is 0. The minimum atomic E-state index is 0.775. The smallest absolute Gasteiger partial charge is 0.0481 e. The van der Waals surface area contributed by atoms with Crippen LogP contribution in [0.3, 0.4) is 0 Å². The molecule has 100 valence electrons. The number of hydrogen-bond donors (Lipinski definition) is 2. The van der Waals surface area contributed by atoms with Crippen LogP contribution in [0.5, 0.6) is 0 Å². The Labute approximate surface area is 118 Å². The summed E-state index contributed by atoms with van der Waals surface area (Å²) in [6.45, 7) is 2.16. The fourth-order valence-electron chi connectivity index (χ4n) is 2.42. The molecule has 3 nitrogen and oxygen atoms in total. The van der Waals surface area contributed by atoms with Gasteiger partial charge in [0.15, 0.2) is 0 Å². The summed E-state index contributed by atoms with van der Waals surface area (Å²) in [5.41, 5.74) is 10.2. The molecule has 0 spiro atoms.